The minimum Gasteiger partial charge on any atom is -0.478 e. The van der Waals surface area contributed by atoms with Crippen LogP contribution in [-0.2, 0) is 0 Å². The monoisotopic (exact) mass is 248 g/mol. The first-order chi connectivity index (χ1) is 8.49. The minimum atomic E-state index is -0.900. The van der Waals surface area contributed by atoms with Gasteiger partial charge in [-0.3, -0.25) is 0 Å². The summed E-state index contributed by atoms with van der Waals surface area (Å²) in [4.78, 5) is 17.9. The van der Waals surface area contributed by atoms with E-state index in [1.165, 1.54) is 6.42 Å². The second-order valence-corrected chi connectivity index (χ2v) is 5.31. The molecule has 18 heavy (non-hydrogen) atoms. The van der Waals surface area contributed by atoms with Crippen LogP contribution in [0.15, 0.2) is 12.1 Å². The van der Waals surface area contributed by atoms with Gasteiger partial charge in [0.2, 0.25) is 0 Å². The zero-order valence-corrected chi connectivity index (χ0v) is 11.2. The molecule has 0 amide bonds. The fraction of sp³-hybridized carbons (Fsp3) is 0.571. The first-order valence-electron chi connectivity index (χ1n) is 6.46. The summed E-state index contributed by atoms with van der Waals surface area (Å²) >= 11 is 0. The minimum absolute atomic E-state index is 0.307. The Morgan fingerprint density at radius 3 is 2.78 bits per heavy atom. The molecule has 1 N–H and O–H groups in total. The summed E-state index contributed by atoms with van der Waals surface area (Å²) in [5.74, 6) is 0.314. The van der Waals surface area contributed by atoms with Gasteiger partial charge in [0.25, 0.3) is 0 Å². The molecular weight excluding hydrogens is 228 g/mol. The molecule has 1 fully saturated rings. The van der Waals surface area contributed by atoms with Crippen LogP contribution >= 0.6 is 0 Å². The van der Waals surface area contributed by atoms with E-state index in [9.17, 15) is 9.90 Å². The lowest BCUT2D eigenvalue weighted by Crippen LogP contribution is -2.42. The van der Waals surface area contributed by atoms with Crippen molar-refractivity contribution in [3.63, 3.8) is 0 Å². The van der Waals surface area contributed by atoms with Crippen molar-refractivity contribution in [3.8, 4) is 0 Å². The Morgan fingerprint density at radius 2 is 2.11 bits per heavy atom. The van der Waals surface area contributed by atoms with E-state index < -0.39 is 5.97 Å². The summed E-state index contributed by atoms with van der Waals surface area (Å²) in [6, 6.07) is 3.77. The van der Waals surface area contributed by atoms with Crippen LogP contribution in [0.3, 0.4) is 0 Å². The smallest absolute Gasteiger partial charge is 0.339 e. The number of rotatable bonds is 2. The first-order valence-corrected chi connectivity index (χ1v) is 6.46. The number of carboxylic acid groups (broad SMARTS) is 1. The molecule has 0 saturated carbocycles. The fourth-order valence-corrected chi connectivity index (χ4v) is 2.51. The zero-order valence-electron chi connectivity index (χ0n) is 11.2. The average molecular weight is 248 g/mol. The van der Waals surface area contributed by atoms with Gasteiger partial charge < -0.3 is 10.0 Å². The lowest BCUT2D eigenvalue weighted by Gasteiger charge is -2.38. The van der Waals surface area contributed by atoms with Crippen LogP contribution in [0.1, 0.15) is 42.7 Å². The highest BCUT2D eigenvalue weighted by atomic mass is 16.4. The fourth-order valence-electron chi connectivity index (χ4n) is 2.51. The van der Waals surface area contributed by atoms with Gasteiger partial charge in [-0.2, -0.15) is 0 Å². The SMILES string of the molecule is Cc1ccc(C(=O)O)c(N2CC(C)CCC2C)n1. The molecule has 2 heterocycles. The predicted molar refractivity (Wildman–Crippen MR) is 71.1 cm³/mol. The third-order valence-corrected chi connectivity index (χ3v) is 3.63. The maximum absolute atomic E-state index is 11.3. The number of hydrogen-bond acceptors (Lipinski definition) is 3. The Labute approximate surface area is 108 Å². The van der Waals surface area contributed by atoms with Crippen molar-refractivity contribution in [3.05, 3.63) is 23.4 Å². The Kier molecular flexibility index (Phi) is 3.55. The highest BCUT2D eigenvalue weighted by molar-refractivity contribution is 5.93. The Hall–Kier alpha value is -1.58. The van der Waals surface area contributed by atoms with Crippen LogP contribution in [0.25, 0.3) is 0 Å². The van der Waals surface area contributed by atoms with Gasteiger partial charge in [-0.15, -0.1) is 0 Å². The van der Waals surface area contributed by atoms with Gasteiger partial charge in [-0.05, 0) is 44.7 Å². The summed E-state index contributed by atoms with van der Waals surface area (Å²) in [5.41, 5.74) is 1.17. The van der Waals surface area contributed by atoms with Crippen molar-refractivity contribution in [1.29, 1.82) is 0 Å². The van der Waals surface area contributed by atoms with E-state index >= 15 is 0 Å². The second-order valence-electron chi connectivity index (χ2n) is 5.31. The molecule has 4 nitrogen and oxygen atoms in total. The number of hydrogen-bond donors (Lipinski definition) is 1. The van der Waals surface area contributed by atoms with Crippen LogP contribution in [0, 0.1) is 12.8 Å². The summed E-state index contributed by atoms with van der Waals surface area (Å²) in [5, 5.41) is 9.27. The first kappa shape index (κ1) is 12.9. The highest BCUT2D eigenvalue weighted by Crippen LogP contribution is 2.28. The van der Waals surface area contributed by atoms with E-state index in [-0.39, 0.29) is 0 Å². The van der Waals surface area contributed by atoms with Crippen molar-refractivity contribution in [2.24, 2.45) is 5.92 Å². The molecule has 0 radical (unpaired) electrons. The third kappa shape index (κ3) is 2.47. The number of aromatic nitrogens is 1. The van der Waals surface area contributed by atoms with Crippen molar-refractivity contribution < 1.29 is 9.90 Å². The topological polar surface area (TPSA) is 53.4 Å². The molecule has 1 aliphatic heterocycles. The van der Waals surface area contributed by atoms with Crippen molar-refractivity contribution in [2.45, 2.75) is 39.7 Å². The summed E-state index contributed by atoms with van der Waals surface area (Å²) < 4.78 is 0. The molecule has 1 saturated heterocycles. The van der Waals surface area contributed by atoms with Gasteiger partial charge in [0.05, 0.1) is 0 Å². The van der Waals surface area contributed by atoms with Crippen LogP contribution < -0.4 is 4.90 Å². The normalized spacial score (nSPS) is 24.1. The second kappa shape index (κ2) is 4.96. The maximum Gasteiger partial charge on any atom is 0.339 e. The summed E-state index contributed by atoms with van der Waals surface area (Å²) in [6.45, 7) is 7.13. The quantitative estimate of drug-likeness (QED) is 0.874. The molecule has 0 aliphatic carbocycles. The molecule has 1 aromatic heterocycles. The van der Waals surface area contributed by atoms with Crippen molar-refractivity contribution >= 4 is 11.8 Å². The zero-order chi connectivity index (χ0) is 13.3. The van der Waals surface area contributed by atoms with Crippen LogP contribution in [-0.4, -0.2) is 28.6 Å². The van der Waals surface area contributed by atoms with E-state index in [0.717, 1.165) is 18.7 Å². The number of pyridine rings is 1. The van der Waals surface area contributed by atoms with Gasteiger partial charge in [-0.25, -0.2) is 9.78 Å². The molecule has 2 rings (SSSR count). The van der Waals surface area contributed by atoms with Crippen molar-refractivity contribution in [1.82, 2.24) is 4.98 Å². The number of carboxylic acids is 1. The Bertz CT molecular complexity index is 459. The van der Waals surface area contributed by atoms with Crippen LogP contribution in [0.2, 0.25) is 0 Å². The molecule has 1 aliphatic rings. The van der Waals surface area contributed by atoms with Crippen LogP contribution in [0.4, 0.5) is 5.82 Å². The third-order valence-electron chi connectivity index (χ3n) is 3.63. The van der Waals surface area contributed by atoms with Gasteiger partial charge in [0.1, 0.15) is 11.4 Å². The number of nitrogens with zero attached hydrogens (tertiary/aromatic N) is 2. The maximum atomic E-state index is 11.3. The van der Waals surface area contributed by atoms with Gasteiger partial charge in [-0.1, -0.05) is 6.92 Å². The molecular formula is C14H20N2O2. The van der Waals surface area contributed by atoms with Gasteiger partial charge in [0.15, 0.2) is 0 Å². The number of piperidine rings is 1. The summed E-state index contributed by atoms with van der Waals surface area (Å²) in [6.07, 6.45) is 2.29. The number of aryl methyl sites for hydroxylation is 1. The number of aromatic carboxylic acids is 1. The van der Waals surface area contributed by atoms with E-state index in [1.54, 1.807) is 12.1 Å². The highest BCUT2D eigenvalue weighted by Gasteiger charge is 2.27. The van der Waals surface area contributed by atoms with E-state index in [2.05, 4.69) is 23.7 Å². The molecule has 98 valence electrons. The number of carbonyl (C=O) groups is 1. The number of anilines is 1. The largest absolute Gasteiger partial charge is 0.478 e. The lowest BCUT2D eigenvalue weighted by molar-refractivity contribution is 0.0697. The Balaban J connectivity index is 2.41. The summed E-state index contributed by atoms with van der Waals surface area (Å²) in [7, 11) is 0. The molecule has 2 atom stereocenters. The standard InChI is InChI=1S/C14H20N2O2/c1-9-4-6-11(3)16(8-9)13-12(14(17)18)7-5-10(2)15-13/h5,7,9,11H,4,6,8H2,1-3H3,(H,17,18). The van der Waals surface area contributed by atoms with E-state index in [0.29, 0.717) is 23.3 Å². The predicted octanol–water partition coefficient (Wildman–Crippen LogP) is 2.71. The molecule has 0 spiro atoms. The van der Waals surface area contributed by atoms with Crippen LogP contribution in [0.5, 0.6) is 0 Å². The molecule has 0 aromatic carbocycles. The molecule has 2 unspecified atom stereocenters. The Morgan fingerprint density at radius 1 is 1.39 bits per heavy atom. The van der Waals surface area contributed by atoms with Crippen molar-refractivity contribution in [2.75, 3.05) is 11.4 Å². The van der Waals surface area contributed by atoms with E-state index in [4.69, 9.17) is 0 Å². The molecule has 4 heteroatoms. The average Bonchev–Trinajstić information content (AvgIpc) is 2.31. The molecule has 0 bridgehead atoms. The van der Waals surface area contributed by atoms with Gasteiger partial charge in [0, 0.05) is 18.3 Å². The van der Waals surface area contributed by atoms with E-state index in [1.807, 2.05) is 6.92 Å². The lowest BCUT2D eigenvalue weighted by atomic mass is 9.94. The van der Waals surface area contributed by atoms with Gasteiger partial charge >= 0.3 is 5.97 Å². The molecule has 1 aromatic rings.